The van der Waals surface area contributed by atoms with Crippen LogP contribution in [0.1, 0.15) is 18.1 Å². The molecule has 1 aromatic carbocycles. The summed E-state index contributed by atoms with van der Waals surface area (Å²) in [6.45, 7) is 3.55. The molecule has 1 aromatic rings. The van der Waals surface area contributed by atoms with Crippen molar-refractivity contribution in [2.45, 2.75) is 12.5 Å². The van der Waals surface area contributed by atoms with Gasteiger partial charge in [0.05, 0.1) is 6.10 Å². The minimum absolute atomic E-state index is 0.531. The van der Waals surface area contributed by atoms with Crippen molar-refractivity contribution in [1.29, 1.82) is 0 Å². The first-order valence-corrected chi connectivity index (χ1v) is 4.17. The van der Waals surface area contributed by atoms with Crippen molar-refractivity contribution >= 4 is 11.6 Å². The molecule has 64 valence electrons. The van der Waals surface area contributed by atoms with Gasteiger partial charge >= 0.3 is 0 Å². The minimum atomic E-state index is -0.531. The molecule has 1 nitrogen and oxygen atoms in total. The zero-order valence-electron chi connectivity index (χ0n) is 6.70. The molecule has 0 bridgehead atoms. The van der Waals surface area contributed by atoms with Crippen molar-refractivity contribution < 1.29 is 5.11 Å². The predicted molar refractivity (Wildman–Crippen MR) is 51.2 cm³/mol. The Balaban J connectivity index is 2.86. The van der Waals surface area contributed by atoms with Gasteiger partial charge in [-0.15, -0.1) is 6.58 Å². The molecule has 0 aliphatic carbocycles. The summed E-state index contributed by atoms with van der Waals surface area (Å²) in [5.41, 5.74) is 0.763. The van der Waals surface area contributed by atoms with Gasteiger partial charge in [-0.1, -0.05) is 35.9 Å². The Morgan fingerprint density at radius 3 is 2.75 bits per heavy atom. The lowest BCUT2D eigenvalue weighted by Crippen LogP contribution is -1.95. The number of hydrogen-bond donors (Lipinski definition) is 1. The predicted octanol–water partition coefficient (Wildman–Crippen LogP) is 2.95. The molecule has 0 aromatic heterocycles. The highest BCUT2D eigenvalue weighted by Gasteiger charge is 2.07. The third-order valence-electron chi connectivity index (χ3n) is 1.65. The van der Waals surface area contributed by atoms with Gasteiger partial charge in [0.1, 0.15) is 0 Å². The van der Waals surface area contributed by atoms with Crippen LogP contribution in [-0.4, -0.2) is 5.11 Å². The first-order valence-electron chi connectivity index (χ1n) is 3.79. The highest BCUT2D eigenvalue weighted by Crippen LogP contribution is 2.24. The highest BCUT2D eigenvalue weighted by atomic mass is 35.5. The van der Waals surface area contributed by atoms with Gasteiger partial charge in [-0.3, -0.25) is 0 Å². The van der Waals surface area contributed by atoms with Gasteiger partial charge in [-0.2, -0.15) is 0 Å². The van der Waals surface area contributed by atoms with Gasteiger partial charge in [-0.05, 0) is 18.1 Å². The normalized spacial score (nSPS) is 12.5. The van der Waals surface area contributed by atoms with Gasteiger partial charge in [0.25, 0.3) is 0 Å². The summed E-state index contributed by atoms with van der Waals surface area (Å²) in [5.74, 6) is 0. The van der Waals surface area contributed by atoms with E-state index in [0.29, 0.717) is 11.4 Å². The minimum Gasteiger partial charge on any atom is -0.388 e. The Kier molecular flexibility index (Phi) is 3.32. The summed E-state index contributed by atoms with van der Waals surface area (Å²) < 4.78 is 0. The summed E-state index contributed by atoms with van der Waals surface area (Å²) in [6, 6.07) is 7.28. The van der Waals surface area contributed by atoms with E-state index in [0.717, 1.165) is 5.56 Å². The number of rotatable bonds is 3. The molecule has 0 aliphatic rings. The molecule has 1 N–H and O–H groups in total. The zero-order chi connectivity index (χ0) is 8.97. The van der Waals surface area contributed by atoms with Crippen LogP contribution in [0.15, 0.2) is 36.9 Å². The standard InChI is InChI=1S/C10H11ClO/c1-2-5-10(12)8-6-3-4-7-9(8)11/h2-4,6-7,10,12H,1,5H2/t10-/m1/s1. The maximum Gasteiger partial charge on any atom is 0.0838 e. The lowest BCUT2D eigenvalue weighted by atomic mass is 10.1. The average Bonchev–Trinajstić information content (AvgIpc) is 2.05. The lowest BCUT2D eigenvalue weighted by molar-refractivity contribution is 0.182. The van der Waals surface area contributed by atoms with Crippen LogP contribution in [0.25, 0.3) is 0 Å². The Morgan fingerprint density at radius 2 is 2.17 bits per heavy atom. The maximum absolute atomic E-state index is 9.55. The summed E-state index contributed by atoms with van der Waals surface area (Å²) in [4.78, 5) is 0. The van der Waals surface area contributed by atoms with Crippen LogP contribution in [0.2, 0.25) is 5.02 Å². The van der Waals surface area contributed by atoms with E-state index in [4.69, 9.17) is 11.6 Å². The summed E-state index contributed by atoms with van der Waals surface area (Å²) in [6.07, 6.45) is 1.67. The second kappa shape index (κ2) is 4.29. The van der Waals surface area contributed by atoms with E-state index in [-0.39, 0.29) is 0 Å². The molecule has 0 unspecified atom stereocenters. The molecule has 1 atom stereocenters. The molecule has 0 fully saturated rings. The second-order valence-electron chi connectivity index (χ2n) is 2.56. The smallest absolute Gasteiger partial charge is 0.0838 e. The van der Waals surface area contributed by atoms with Crippen molar-refractivity contribution in [3.63, 3.8) is 0 Å². The van der Waals surface area contributed by atoms with Crippen LogP contribution < -0.4 is 0 Å². The number of benzene rings is 1. The summed E-state index contributed by atoms with van der Waals surface area (Å²) in [5, 5.41) is 10.1. The van der Waals surface area contributed by atoms with Crippen molar-refractivity contribution in [2.75, 3.05) is 0 Å². The Hall–Kier alpha value is -0.790. The fourth-order valence-corrected chi connectivity index (χ4v) is 1.29. The summed E-state index contributed by atoms with van der Waals surface area (Å²) >= 11 is 5.86. The van der Waals surface area contributed by atoms with Crippen LogP contribution in [-0.2, 0) is 0 Å². The van der Waals surface area contributed by atoms with Gasteiger partial charge in [0.2, 0.25) is 0 Å². The van der Waals surface area contributed by atoms with E-state index < -0.39 is 6.10 Å². The topological polar surface area (TPSA) is 20.2 Å². The maximum atomic E-state index is 9.55. The molecule has 0 heterocycles. The zero-order valence-corrected chi connectivity index (χ0v) is 7.46. The molecule has 1 rings (SSSR count). The van der Waals surface area contributed by atoms with Crippen LogP contribution in [0.5, 0.6) is 0 Å². The fraction of sp³-hybridized carbons (Fsp3) is 0.200. The van der Waals surface area contributed by atoms with Gasteiger partial charge < -0.3 is 5.11 Å². The second-order valence-corrected chi connectivity index (χ2v) is 2.97. The van der Waals surface area contributed by atoms with Crippen molar-refractivity contribution in [1.82, 2.24) is 0 Å². The number of hydrogen-bond acceptors (Lipinski definition) is 1. The number of aliphatic hydroxyl groups excluding tert-OH is 1. The molecule has 2 heteroatoms. The van der Waals surface area contributed by atoms with Crippen LogP contribution >= 0.6 is 11.6 Å². The average molecular weight is 183 g/mol. The quantitative estimate of drug-likeness (QED) is 0.713. The molecule has 12 heavy (non-hydrogen) atoms. The van der Waals surface area contributed by atoms with E-state index in [1.165, 1.54) is 0 Å². The number of halogens is 1. The summed E-state index contributed by atoms with van der Waals surface area (Å²) in [7, 11) is 0. The van der Waals surface area contributed by atoms with E-state index in [2.05, 4.69) is 6.58 Å². The molecule has 0 aliphatic heterocycles. The third-order valence-corrected chi connectivity index (χ3v) is 2.00. The van der Waals surface area contributed by atoms with Crippen LogP contribution in [0.4, 0.5) is 0 Å². The first kappa shape index (κ1) is 9.30. The molecule has 0 spiro atoms. The molecule has 0 saturated carbocycles. The molecule has 0 saturated heterocycles. The Bertz CT molecular complexity index is 270. The van der Waals surface area contributed by atoms with Crippen molar-refractivity contribution in [3.05, 3.63) is 47.5 Å². The monoisotopic (exact) mass is 182 g/mol. The van der Waals surface area contributed by atoms with Crippen LogP contribution in [0.3, 0.4) is 0 Å². The third kappa shape index (κ3) is 2.10. The van der Waals surface area contributed by atoms with E-state index in [1.54, 1.807) is 12.1 Å². The van der Waals surface area contributed by atoms with E-state index in [1.807, 2.05) is 18.2 Å². The first-order chi connectivity index (χ1) is 5.75. The molecular weight excluding hydrogens is 172 g/mol. The Labute approximate surface area is 77.3 Å². The fourth-order valence-electron chi connectivity index (χ4n) is 1.03. The van der Waals surface area contributed by atoms with Crippen molar-refractivity contribution in [3.8, 4) is 0 Å². The molecule has 0 amide bonds. The van der Waals surface area contributed by atoms with Gasteiger partial charge in [0.15, 0.2) is 0 Å². The van der Waals surface area contributed by atoms with E-state index in [9.17, 15) is 5.11 Å². The van der Waals surface area contributed by atoms with Crippen molar-refractivity contribution in [2.24, 2.45) is 0 Å². The number of aliphatic hydroxyl groups is 1. The SMILES string of the molecule is C=CC[C@@H](O)c1ccccc1Cl. The molecular formula is C10H11ClO. The van der Waals surface area contributed by atoms with E-state index >= 15 is 0 Å². The lowest BCUT2D eigenvalue weighted by Gasteiger charge is -2.09. The van der Waals surface area contributed by atoms with Crippen LogP contribution in [0, 0.1) is 0 Å². The Morgan fingerprint density at radius 1 is 1.50 bits per heavy atom. The van der Waals surface area contributed by atoms with Gasteiger partial charge in [-0.25, -0.2) is 0 Å². The van der Waals surface area contributed by atoms with Gasteiger partial charge in [0, 0.05) is 5.02 Å². The molecule has 0 radical (unpaired) electrons. The largest absolute Gasteiger partial charge is 0.388 e. The highest BCUT2D eigenvalue weighted by molar-refractivity contribution is 6.31.